The summed E-state index contributed by atoms with van der Waals surface area (Å²) in [6.07, 6.45) is 7.51. The van der Waals surface area contributed by atoms with Crippen LogP contribution in [0.25, 0.3) is 0 Å². The molecule has 0 N–H and O–H groups in total. The van der Waals surface area contributed by atoms with E-state index in [1.54, 1.807) is 25.8 Å². The predicted molar refractivity (Wildman–Crippen MR) is 94.5 cm³/mol. The number of carbonyl (C=O) groups is 1. The lowest BCUT2D eigenvalue weighted by atomic mass is 10.1. The van der Waals surface area contributed by atoms with Crippen LogP contribution in [0, 0.1) is 0 Å². The molecule has 0 radical (unpaired) electrons. The van der Waals surface area contributed by atoms with Gasteiger partial charge in [-0.25, -0.2) is 0 Å². The molecule has 0 atom stereocenters. The molecular weight excluding hydrogens is 316 g/mol. The van der Waals surface area contributed by atoms with E-state index in [0.29, 0.717) is 19.6 Å². The maximum absolute atomic E-state index is 12.3. The van der Waals surface area contributed by atoms with E-state index in [2.05, 4.69) is 4.98 Å². The molecule has 0 spiro atoms. The molecule has 2 heterocycles. The number of pyridine rings is 1. The van der Waals surface area contributed by atoms with Crippen LogP contribution in [0.15, 0.2) is 60.8 Å². The third kappa shape index (κ3) is 4.59. The first-order valence-electron chi connectivity index (χ1n) is 8.39. The van der Waals surface area contributed by atoms with Crippen LogP contribution in [0.5, 0.6) is 5.75 Å². The maximum Gasteiger partial charge on any atom is 0.227 e. The average molecular weight is 338 g/mol. The summed E-state index contributed by atoms with van der Waals surface area (Å²) in [6.45, 7) is 1.02. The first-order valence-corrected chi connectivity index (χ1v) is 8.39. The molecule has 0 aliphatic carbocycles. The van der Waals surface area contributed by atoms with Crippen LogP contribution in [0.1, 0.15) is 30.4 Å². The zero-order valence-electron chi connectivity index (χ0n) is 14.4. The van der Waals surface area contributed by atoms with Gasteiger partial charge in [0.05, 0.1) is 19.4 Å². The van der Waals surface area contributed by atoms with E-state index in [1.807, 2.05) is 41.3 Å². The van der Waals surface area contributed by atoms with Crippen molar-refractivity contribution >= 4 is 5.91 Å². The zero-order valence-corrected chi connectivity index (χ0v) is 14.4. The van der Waals surface area contributed by atoms with Crippen molar-refractivity contribution in [1.29, 1.82) is 0 Å². The Labute approximate surface area is 147 Å². The first-order chi connectivity index (χ1) is 12.3. The number of benzene rings is 1. The van der Waals surface area contributed by atoms with Gasteiger partial charge in [-0.1, -0.05) is 12.1 Å². The van der Waals surface area contributed by atoms with Crippen LogP contribution in [0.3, 0.4) is 0 Å². The van der Waals surface area contributed by atoms with Crippen LogP contribution >= 0.6 is 0 Å². The molecule has 25 heavy (non-hydrogen) atoms. The standard InChI is InChI=1S/C20H22N2O3/c1-24-19-7-5-17(6-8-19)14-25-15-18-3-2-4-20(23)22(18)13-16-9-11-21-12-10-16/h5-12,15H,2-4,13-14H2,1H3/b18-15+. The van der Waals surface area contributed by atoms with Gasteiger partial charge >= 0.3 is 0 Å². The third-order valence-corrected chi connectivity index (χ3v) is 4.19. The van der Waals surface area contributed by atoms with E-state index in [4.69, 9.17) is 9.47 Å². The van der Waals surface area contributed by atoms with Gasteiger partial charge < -0.3 is 14.4 Å². The van der Waals surface area contributed by atoms with E-state index in [0.717, 1.165) is 35.4 Å². The molecule has 0 bridgehead atoms. The molecule has 1 fully saturated rings. The highest BCUT2D eigenvalue weighted by Gasteiger charge is 2.23. The first kappa shape index (κ1) is 17.0. The summed E-state index contributed by atoms with van der Waals surface area (Å²) in [5, 5.41) is 0. The second kappa shape index (κ2) is 8.33. The number of rotatable bonds is 6. The third-order valence-electron chi connectivity index (χ3n) is 4.19. The number of allylic oxidation sites excluding steroid dienone is 1. The van der Waals surface area contributed by atoms with Gasteiger partial charge in [0.15, 0.2) is 0 Å². The van der Waals surface area contributed by atoms with Crippen LogP contribution in [-0.4, -0.2) is 22.9 Å². The van der Waals surface area contributed by atoms with Crippen LogP contribution in [0.4, 0.5) is 0 Å². The van der Waals surface area contributed by atoms with Crippen molar-refractivity contribution in [2.75, 3.05) is 7.11 Å². The lowest BCUT2D eigenvalue weighted by Gasteiger charge is -2.29. The van der Waals surface area contributed by atoms with Gasteiger partial charge in [-0.05, 0) is 48.2 Å². The van der Waals surface area contributed by atoms with Gasteiger partial charge in [0.1, 0.15) is 18.6 Å². The fraction of sp³-hybridized carbons (Fsp3) is 0.300. The SMILES string of the molecule is COc1ccc(CO/C=C2\CCCC(=O)N2Cc2ccncc2)cc1. The van der Waals surface area contributed by atoms with Crippen LogP contribution in [0.2, 0.25) is 0 Å². The van der Waals surface area contributed by atoms with Gasteiger partial charge in [0.2, 0.25) is 5.91 Å². The van der Waals surface area contributed by atoms with Gasteiger partial charge in [-0.3, -0.25) is 9.78 Å². The number of methoxy groups -OCH3 is 1. The summed E-state index contributed by atoms with van der Waals surface area (Å²) in [5.41, 5.74) is 3.05. The summed E-state index contributed by atoms with van der Waals surface area (Å²) in [4.78, 5) is 18.1. The van der Waals surface area contributed by atoms with Crippen molar-refractivity contribution in [2.45, 2.75) is 32.4 Å². The number of nitrogens with zero attached hydrogens (tertiary/aromatic N) is 2. The quantitative estimate of drug-likeness (QED) is 0.754. The van der Waals surface area contributed by atoms with Crippen molar-refractivity contribution in [3.8, 4) is 5.75 Å². The molecule has 1 aliphatic rings. The van der Waals surface area contributed by atoms with E-state index < -0.39 is 0 Å². The Morgan fingerprint density at radius 2 is 1.84 bits per heavy atom. The number of piperidine rings is 1. The summed E-state index contributed by atoms with van der Waals surface area (Å²) < 4.78 is 10.9. The summed E-state index contributed by atoms with van der Waals surface area (Å²) in [6, 6.07) is 11.6. The Hall–Kier alpha value is -2.82. The number of hydrogen-bond donors (Lipinski definition) is 0. The minimum atomic E-state index is 0.141. The number of amides is 1. The number of ether oxygens (including phenoxy) is 2. The molecule has 0 saturated carbocycles. The smallest absolute Gasteiger partial charge is 0.227 e. The predicted octanol–water partition coefficient (Wildman–Crippen LogP) is 3.66. The molecule has 1 aliphatic heterocycles. The molecule has 1 aromatic carbocycles. The molecule has 1 saturated heterocycles. The largest absolute Gasteiger partial charge is 0.497 e. The van der Waals surface area contributed by atoms with E-state index in [1.165, 1.54) is 0 Å². The van der Waals surface area contributed by atoms with E-state index >= 15 is 0 Å². The highest BCUT2D eigenvalue weighted by atomic mass is 16.5. The summed E-state index contributed by atoms with van der Waals surface area (Å²) in [7, 11) is 1.65. The Kier molecular flexibility index (Phi) is 5.67. The van der Waals surface area contributed by atoms with Gasteiger partial charge in [-0.15, -0.1) is 0 Å². The second-order valence-electron chi connectivity index (χ2n) is 5.96. The maximum atomic E-state index is 12.3. The molecule has 130 valence electrons. The average Bonchev–Trinajstić information content (AvgIpc) is 2.66. The van der Waals surface area contributed by atoms with Crippen LogP contribution in [-0.2, 0) is 22.7 Å². The number of likely N-dealkylation sites (tertiary alicyclic amines) is 1. The van der Waals surface area contributed by atoms with Gasteiger partial charge in [-0.2, -0.15) is 0 Å². The Balaban J connectivity index is 1.64. The molecule has 1 aromatic heterocycles. The summed E-state index contributed by atoms with van der Waals surface area (Å²) >= 11 is 0. The lowest BCUT2D eigenvalue weighted by Crippen LogP contribution is -2.33. The molecular formula is C20H22N2O3. The fourth-order valence-corrected chi connectivity index (χ4v) is 2.79. The highest BCUT2D eigenvalue weighted by Crippen LogP contribution is 2.24. The number of carbonyl (C=O) groups excluding carboxylic acids is 1. The number of aromatic nitrogens is 1. The normalized spacial score (nSPS) is 16.1. The molecule has 5 nitrogen and oxygen atoms in total. The van der Waals surface area contributed by atoms with Crippen molar-refractivity contribution in [3.05, 3.63) is 71.9 Å². The molecule has 2 aromatic rings. The zero-order chi connectivity index (χ0) is 17.5. The van der Waals surface area contributed by atoms with E-state index in [9.17, 15) is 4.79 Å². The van der Waals surface area contributed by atoms with Crippen molar-refractivity contribution in [1.82, 2.24) is 9.88 Å². The molecule has 0 unspecified atom stereocenters. The molecule has 3 rings (SSSR count). The molecule has 5 heteroatoms. The Morgan fingerprint density at radius 1 is 1.08 bits per heavy atom. The molecule has 1 amide bonds. The Bertz CT molecular complexity index is 726. The fourth-order valence-electron chi connectivity index (χ4n) is 2.79. The summed E-state index contributed by atoms with van der Waals surface area (Å²) in [5.74, 6) is 0.964. The Morgan fingerprint density at radius 3 is 2.56 bits per heavy atom. The van der Waals surface area contributed by atoms with Crippen LogP contribution < -0.4 is 4.74 Å². The van der Waals surface area contributed by atoms with Crippen molar-refractivity contribution in [2.24, 2.45) is 0 Å². The second-order valence-corrected chi connectivity index (χ2v) is 5.96. The minimum Gasteiger partial charge on any atom is -0.497 e. The monoisotopic (exact) mass is 338 g/mol. The van der Waals surface area contributed by atoms with Gasteiger partial charge in [0.25, 0.3) is 0 Å². The van der Waals surface area contributed by atoms with Crippen molar-refractivity contribution < 1.29 is 14.3 Å². The lowest BCUT2D eigenvalue weighted by molar-refractivity contribution is -0.131. The van der Waals surface area contributed by atoms with E-state index in [-0.39, 0.29) is 5.91 Å². The number of hydrogen-bond acceptors (Lipinski definition) is 4. The van der Waals surface area contributed by atoms with Crippen molar-refractivity contribution in [3.63, 3.8) is 0 Å². The highest BCUT2D eigenvalue weighted by molar-refractivity contribution is 5.79. The topological polar surface area (TPSA) is 51.7 Å². The minimum absolute atomic E-state index is 0.141. The van der Waals surface area contributed by atoms with Gasteiger partial charge in [0, 0.05) is 18.8 Å².